The van der Waals surface area contributed by atoms with Crippen molar-refractivity contribution < 1.29 is 9.47 Å². The van der Waals surface area contributed by atoms with Crippen LogP contribution in [0.2, 0.25) is 0 Å². The second kappa shape index (κ2) is 8.08. The van der Waals surface area contributed by atoms with E-state index in [2.05, 4.69) is 24.3 Å². The zero-order valence-electron chi connectivity index (χ0n) is 11.0. The minimum absolute atomic E-state index is 0.323. The fourth-order valence-electron chi connectivity index (χ4n) is 1.36. The van der Waals surface area contributed by atoms with Crippen molar-refractivity contribution in [1.82, 2.24) is 15.1 Å². The molecular weight excluding hydrogens is 218 g/mol. The van der Waals surface area contributed by atoms with Gasteiger partial charge in [-0.25, -0.2) is 0 Å². The highest BCUT2D eigenvalue weighted by Crippen LogP contribution is 2.05. The molecule has 98 valence electrons. The van der Waals surface area contributed by atoms with Crippen molar-refractivity contribution in [2.75, 3.05) is 26.3 Å². The van der Waals surface area contributed by atoms with Gasteiger partial charge in [0.15, 0.2) is 5.75 Å². The Kier molecular flexibility index (Phi) is 6.65. The van der Waals surface area contributed by atoms with E-state index >= 15 is 0 Å². The van der Waals surface area contributed by atoms with Crippen LogP contribution in [-0.2, 0) is 11.8 Å². The summed E-state index contributed by atoms with van der Waals surface area (Å²) in [6.45, 7) is 7.38. The van der Waals surface area contributed by atoms with E-state index in [-0.39, 0.29) is 0 Å². The predicted molar refractivity (Wildman–Crippen MR) is 67.3 cm³/mol. The first-order valence-electron chi connectivity index (χ1n) is 6.12. The van der Waals surface area contributed by atoms with Gasteiger partial charge in [-0.15, -0.1) is 0 Å². The first kappa shape index (κ1) is 14.0. The van der Waals surface area contributed by atoms with Crippen LogP contribution in [0.1, 0.15) is 20.3 Å². The maximum atomic E-state index is 5.49. The molecule has 0 aliphatic carbocycles. The fraction of sp³-hybridized carbons (Fsp3) is 0.750. The van der Waals surface area contributed by atoms with E-state index in [1.807, 2.05) is 13.2 Å². The van der Waals surface area contributed by atoms with Crippen molar-refractivity contribution in [3.05, 3.63) is 12.4 Å². The van der Waals surface area contributed by atoms with Crippen molar-refractivity contribution in [1.29, 1.82) is 0 Å². The highest BCUT2D eigenvalue weighted by molar-refractivity contribution is 5.11. The molecule has 1 N–H and O–H groups in total. The van der Waals surface area contributed by atoms with Gasteiger partial charge in [-0.2, -0.15) is 5.10 Å². The van der Waals surface area contributed by atoms with Crippen molar-refractivity contribution >= 4 is 0 Å². The number of rotatable bonds is 9. The smallest absolute Gasteiger partial charge is 0.157 e. The van der Waals surface area contributed by atoms with Crippen LogP contribution in [0.25, 0.3) is 0 Å². The van der Waals surface area contributed by atoms with E-state index in [0.717, 1.165) is 31.9 Å². The Bertz CT molecular complexity index is 300. The summed E-state index contributed by atoms with van der Waals surface area (Å²) in [5, 5.41) is 7.33. The summed E-state index contributed by atoms with van der Waals surface area (Å²) in [6, 6.07) is 0. The van der Waals surface area contributed by atoms with Crippen LogP contribution in [-0.4, -0.2) is 42.2 Å². The van der Waals surface area contributed by atoms with Gasteiger partial charge in [-0.05, 0) is 26.8 Å². The Morgan fingerprint density at radius 1 is 1.35 bits per heavy atom. The number of hydrogen-bond donors (Lipinski definition) is 1. The van der Waals surface area contributed by atoms with Crippen LogP contribution in [0.3, 0.4) is 0 Å². The topological polar surface area (TPSA) is 48.3 Å². The standard InChI is InChI=1S/C12H23N3O2/c1-11(2)16-7-4-5-13-6-8-17-12-9-14-15(3)10-12/h9-11,13H,4-8H2,1-3H3. The van der Waals surface area contributed by atoms with E-state index < -0.39 is 0 Å². The average Bonchev–Trinajstić information content (AvgIpc) is 2.68. The molecular formula is C12H23N3O2. The van der Waals surface area contributed by atoms with Crippen LogP contribution in [0.4, 0.5) is 0 Å². The van der Waals surface area contributed by atoms with Gasteiger partial charge in [-0.1, -0.05) is 0 Å². The van der Waals surface area contributed by atoms with Crippen LogP contribution in [0, 0.1) is 0 Å². The molecule has 1 aromatic rings. The van der Waals surface area contributed by atoms with Crippen LogP contribution >= 0.6 is 0 Å². The van der Waals surface area contributed by atoms with Crippen LogP contribution in [0.5, 0.6) is 5.75 Å². The van der Waals surface area contributed by atoms with Gasteiger partial charge in [-0.3, -0.25) is 4.68 Å². The Hall–Kier alpha value is -1.07. The van der Waals surface area contributed by atoms with E-state index in [9.17, 15) is 0 Å². The lowest BCUT2D eigenvalue weighted by atomic mass is 10.4. The number of aromatic nitrogens is 2. The largest absolute Gasteiger partial charge is 0.489 e. The number of ether oxygens (including phenoxy) is 2. The second-order valence-electron chi connectivity index (χ2n) is 4.22. The summed E-state index contributed by atoms with van der Waals surface area (Å²) in [4.78, 5) is 0. The van der Waals surface area contributed by atoms with Gasteiger partial charge in [0.1, 0.15) is 6.61 Å². The lowest BCUT2D eigenvalue weighted by Crippen LogP contribution is -2.23. The minimum atomic E-state index is 0.323. The Balaban J connectivity index is 1.88. The lowest BCUT2D eigenvalue weighted by molar-refractivity contribution is 0.0770. The molecule has 0 saturated heterocycles. The third kappa shape index (κ3) is 6.97. The third-order valence-electron chi connectivity index (χ3n) is 2.18. The van der Waals surface area contributed by atoms with Gasteiger partial charge in [0.25, 0.3) is 0 Å². The van der Waals surface area contributed by atoms with Gasteiger partial charge in [0, 0.05) is 20.2 Å². The summed E-state index contributed by atoms with van der Waals surface area (Å²) >= 11 is 0. The zero-order chi connectivity index (χ0) is 12.5. The number of aryl methyl sites for hydroxylation is 1. The van der Waals surface area contributed by atoms with Gasteiger partial charge in [0.05, 0.1) is 18.5 Å². The third-order valence-corrected chi connectivity index (χ3v) is 2.18. The molecule has 0 bridgehead atoms. The van der Waals surface area contributed by atoms with Crippen LogP contribution < -0.4 is 10.1 Å². The van der Waals surface area contributed by atoms with Gasteiger partial charge >= 0.3 is 0 Å². The molecule has 0 saturated carbocycles. The molecule has 0 aliphatic rings. The number of hydrogen-bond acceptors (Lipinski definition) is 4. The fourth-order valence-corrected chi connectivity index (χ4v) is 1.36. The van der Waals surface area contributed by atoms with Crippen molar-refractivity contribution in [2.24, 2.45) is 7.05 Å². The molecule has 1 aromatic heterocycles. The number of nitrogens with zero attached hydrogens (tertiary/aromatic N) is 2. The Morgan fingerprint density at radius 2 is 2.18 bits per heavy atom. The highest BCUT2D eigenvalue weighted by Gasteiger charge is 1.96. The summed E-state index contributed by atoms with van der Waals surface area (Å²) < 4.78 is 12.7. The molecule has 0 radical (unpaired) electrons. The molecule has 0 aliphatic heterocycles. The van der Waals surface area contributed by atoms with Crippen molar-refractivity contribution in [2.45, 2.75) is 26.4 Å². The second-order valence-corrected chi connectivity index (χ2v) is 4.22. The first-order chi connectivity index (χ1) is 8.18. The zero-order valence-corrected chi connectivity index (χ0v) is 11.0. The molecule has 0 spiro atoms. The van der Waals surface area contributed by atoms with Crippen molar-refractivity contribution in [3.63, 3.8) is 0 Å². The van der Waals surface area contributed by atoms with E-state index in [1.165, 1.54) is 0 Å². The predicted octanol–water partition coefficient (Wildman–Crippen LogP) is 1.20. The Labute approximate surface area is 103 Å². The number of nitrogens with one attached hydrogen (secondary N) is 1. The maximum Gasteiger partial charge on any atom is 0.157 e. The molecule has 0 atom stereocenters. The normalized spacial score (nSPS) is 11.1. The molecule has 17 heavy (non-hydrogen) atoms. The highest BCUT2D eigenvalue weighted by atomic mass is 16.5. The van der Waals surface area contributed by atoms with Gasteiger partial charge < -0.3 is 14.8 Å². The lowest BCUT2D eigenvalue weighted by Gasteiger charge is -2.08. The quantitative estimate of drug-likeness (QED) is 0.660. The summed E-state index contributed by atoms with van der Waals surface area (Å²) in [7, 11) is 1.87. The van der Waals surface area contributed by atoms with Gasteiger partial charge in [0.2, 0.25) is 0 Å². The SMILES string of the molecule is CC(C)OCCCNCCOc1cnn(C)c1. The van der Waals surface area contributed by atoms with E-state index in [4.69, 9.17) is 9.47 Å². The van der Waals surface area contributed by atoms with E-state index in [1.54, 1.807) is 10.9 Å². The average molecular weight is 241 g/mol. The summed E-state index contributed by atoms with van der Waals surface area (Å²) in [6.07, 6.45) is 4.93. The first-order valence-corrected chi connectivity index (χ1v) is 6.12. The Morgan fingerprint density at radius 3 is 2.82 bits per heavy atom. The molecule has 1 heterocycles. The molecule has 0 amide bonds. The minimum Gasteiger partial charge on any atom is -0.489 e. The summed E-state index contributed by atoms with van der Waals surface area (Å²) in [5.74, 6) is 0.817. The van der Waals surface area contributed by atoms with E-state index in [0.29, 0.717) is 12.7 Å². The molecule has 0 unspecified atom stereocenters. The molecule has 5 nitrogen and oxygen atoms in total. The monoisotopic (exact) mass is 241 g/mol. The molecule has 0 fully saturated rings. The van der Waals surface area contributed by atoms with Crippen molar-refractivity contribution in [3.8, 4) is 5.75 Å². The molecule has 5 heteroatoms. The molecule has 0 aromatic carbocycles. The maximum absolute atomic E-state index is 5.49. The van der Waals surface area contributed by atoms with Crippen LogP contribution in [0.15, 0.2) is 12.4 Å². The summed E-state index contributed by atoms with van der Waals surface area (Å²) in [5.41, 5.74) is 0. The molecule has 1 rings (SSSR count).